The van der Waals surface area contributed by atoms with Gasteiger partial charge < -0.3 is 15.7 Å². The molecule has 0 amide bonds. The third kappa shape index (κ3) is 9.24. The molecule has 0 saturated heterocycles. The van der Waals surface area contributed by atoms with Crippen molar-refractivity contribution in [2.24, 2.45) is 0 Å². The summed E-state index contributed by atoms with van der Waals surface area (Å²) in [5.74, 6) is 0. The van der Waals surface area contributed by atoms with Crippen LogP contribution >= 0.6 is 12.2 Å². The van der Waals surface area contributed by atoms with Crippen molar-refractivity contribution >= 4 is 17.3 Å². The Kier molecular flexibility index (Phi) is 11.5. The van der Waals surface area contributed by atoms with Gasteiger partial charge in [-0.1, -0.05) is 82.2 Å². The lowest BCUT2D eigenvalue weighted by molar-refractivity contribution is 0.145. The van der Waals surface area contributed by atoms with Crippen LogP contribution in [0.5, 0.6) is 0 Å². The molecule has 3 nitrogen and oxygen atoms in total. The van der Waals surface area contributed by atoms with Gasteiger partial charge in [-0.15, -0.1) is 0 Å². The normalized spacial score (nSPS) is 13.3. The van der Waals surface area contributed by atoms with E-state index in [-0.39, 0.29) is 6.04 Å². The molecule has 0 aliphatic heterocycles. The topological polar surface area (TPSA) is 44.3 Å². The second-order valence-corrected chi connectivity index (χ2v) is 6.93. The van der Waals surface area contributed by atoms with Crippen LogP contribution < -0.4 is 10.6 Å². The van der Waals surface area contributed by atoms with Gasteiger partial charge >= 0.3 is 0 Å². The molecule has 0 radical (unpaired) electrons. The minimum atomic E-state index is -0.561. The highest BCUT2D eigenvalue weighted by molar-refractivity contribution is 7.80. The molecule has 0 fully saturated rings. The fraction of sp³-hybridized carbons (Fsp3) is 0.650. The molecule has 3 N–H and O–H groups in total. The second kappa shape index (κ2) is 13.2. The third-order valence-corrected chi connectivity index (χ3v) is 4.55. The van der Waals surface area contributed by atoms with Crippen LogP contribution in [0.4, 0.5) is 0 Å². The summed E-state index contributed by atoms with van der Waals surface area (Å²) < 4.78 is 0. The Labute approximate surface area is 153 Å². The first-order valence-corrected chi connectivity index (χ1v) is 9.83. The van der Waals surface area contributed by atoms with Gasteiger partial charge in [-0.25, -0.2) is 0 Å². The van der Waals surface area contributed by atoms with Crippen molar-refractivity contribution in [3.63, 3.8) is 0 Å². The number of aliphatic hydroxyl groups is 1. The zero-order valence-electron chi connectivity index (χ0n) is 15.3. The minimum Gasteiger partial charge on any atom is -0.386 e. The smallest absolute Gasteiger partial charge is 0.166 e. The number of benzene rings is 1. The summed E-state index contributed by atoms with van der Waals surface area (Å²) in [6.07, 6.45) is 9.93. The number of nitrogens with one attached hydrogen (secondary N) is 2. The number of aliphatic hydroxyl groups excluding tert-OH is 1. The van der Waals surface area contributed by atoms with Gasteiger partial charge in [0.1, 0.15) is 0 Å². The van der Waals surface area contributed by atoms with Crippen LogP contribution in [0.3, 0.4) is 0 Å². The lowest BCUT2D eigenvalue weighted by atomic mass is 10.0. The summed E-state index contributed by atoms with van der Waals surface area (Å²) in [5.41, 5.74) is 0.906. The van der Waals surface area contributed by atoms with E-state index < -0.39 is 6.10 Å². The summed E-state index contributed by atoms with van der Waals surface area (Å²) in [6.45, 7) is 5.10. The molecule has 1 aromatic rings. The molecule has 0 aromatic heterocycles. The molecular weight excluding hydrogens is 316 g/mol. The molecule has 136 valence electrons. The van der Waals surface area contributed by atoms with Crippen molar-refractivity contribution < 1.29 is 5.11 Å². The maximum Gasteiger partial charge on any atom is 0.166 e. The minimum absolute atomic E-state index is 0.119. The van der Waals surface area contributed by atoms with Gasteiger partial charge in [-0.3, -0.25) is 0 Å². The molecule has 0 saturated carbocycles. The Morgan fingerprint density at radius 2 is 1.58 bits per heavy atom. The van der Waals surface area contributed by atoms with E-state index in [1.54, 1.807) is 0 Å². The molecule has 0 aliphatic carbocycles. The van der Waals surface area contributed by atoms with Crippen molar-refractivity contribution in [3.05, 3.63) is 35.9 Å². The van der Waals surface area contributed by atoms with Crippen molar-refractivity contribution in [2.45, 2.75) is 77.4 Å². The molecule has 0 spiro atoms. The van der Waals surface area contributed by atoms with Gasteiger partial charge in [0.15, 0.2) is 5.11 Å². The first-order chi connectivity index (χ1) is 11.6. The molecule has 1 aromatic carbocycles. The molecule has 24 heavy (non-hydrogen) atoms. The number of rotatable bonds is 12. The van der Waals surface area contributed by atoms with Crippen LogP contribution in [0.2, 0.25) is 0 Å². The summed E-state index contributed by atoms with van der Waals surface area (Å²) >= 11 is 5.31. The van der Waals surface area contributed by atoms with Gasteiger partial charge in [-0.05, 0) is 31.1 Å². The summed E-state index contributed by atoms with van der Waals surface area (Å²) in [7, 11) is 0. The van der Waals surface area contributed by atoms with E-state index in [9.17, 15) is 5.11 Å². The second-order valence-electron chi connectivity index (χ2n) is 6.52. The van der Waals surface area contributed by atoms with E-state index in [4.69, 9.17) is 12.2 Å². The zero-order valence-corrected chi connectivity index (χ0v) is 16.1. The molecule has 1 rings (SSSR count). The molecule has 4 heteroatoms. The quantitative estimate of drug-likeness (QED) is 0.377. The van der Waals surface area contributed by atoms with Crippen LogP contribution in [-0.2, 0) is 0 Å². The first kappa shape index (κ1) is 20.9. The molecule has 0 heterocycles. The highest BCUT2D eigenvalue weighted by Crippen LogP contribution is 2.15. The highest BCUT2D eigenvalue weighted by atomic mass is 32.1. The SMILES string of the molecule is CCCCCCCCCCNC(=S)NC(C)C(O)c1ccccc1. The predicted molar refractivity (Wildman–Crippen MR) is 107 cm³/mol. The van der Waals surface area contributed by atoms with Crippen molar-refractivity contribution in [3.8, 4) is 0 Å². The summed E-state index contributed by atoms with van der Waals surface area (Å²) in [5, 5.41) is 17.4. The Morgan fingerprint density at radius 1 is 1.00 bits per heavy atom. The van der Waals surface area contributed by atoms with E-state index in [1.165, 1.54) is 44.9 Å². The predicted octanol–water partition coefficient (Wildman–Crippen LogP) is 4.71. The average Bonchev–Trinajstić information content (AvgIpc) is 2.60. The maximum absolute atomic E-state index is 10.3. The van der Waals surface area contributed by atoms with Gasteiger partial charge in [0, 0.05) is 6.54 Å². The number of thiocarbonyl (C=S) groups is 1. The van der Waals surface area contributed by atoms with E-state index in [0.29, 0.717) is 5.11 Å². The summed E-state index contributed by atoms with van der Waals surface area (Å²) in [4.78, 5) is 0. The Balaban J connectivity index is 2.07. The Bertz CT molecular complexity index is 439. The van der Waals surface area contributed by atoms with Gasteiger partial charge in [-0.2, -0.15) is 0 Å². The fourth-order valence-electron chi connectivity index (χ4n) is 2.74. The molecule has 0 aliphatic rings. The Hall–Kier alpha value is -1.13. The van der Waals surface area contributed by atoms with Crippen LogP contribution in [0.1, 0.15) is 76.9 Å². The van der Waals surface area contributed by atoms with Crippen LogP contribution in [0.15, 0.2) is 30.3 Å². The number of hydrogen-bond donors (Lipinski definition) is 3. The third-order valence-electron chi connectivity index (χ3n) is 4.29. The van der Waals surface area contributed by atoms with Crippen molar-refractivity contribution in [2.75, 3.05) is 6.54 Å². The lowest BCUT2D eigenvalue weighted by Gasteiger charge is -2.22. The van der Waals surface area contributed by atoms with Gasteiger partial charge in [0.25, 0.3) is 0 Å². The zero-order chi connectivity index (χ0) is 17.6. The van der Waals surface area contributed by atoms with E-state index in [0.717, 1.165) is 18.5 Å². The Morgan fingerprint density at radius 3 is 2.21 bits per heavy atom. The highest BCUT2D eigenvalue weighted by Gasteiger charge is 2.16. The van der Waals surface area contributed by atoms with Crippen LogP contribution in [0, 0.1) is 0 Å². The molecule has 0 bridgehead atoms. The molecule has 2 atom stereocenters. The largest absolute Gasteiger partial charge is 0.386 e. The lowest BCUT2D eigenvalue weighted by Crippen LogP contribution is -2.43. The monoisotopic (exact) mass is 350 g/mol. The fourth-order valence-corrected chi connectivity index (χ4v) is 3.02. The number of hydrogen-bond acceptors (Lipinski definition) is 2. The van der Waals surface area contributed by atoms with Crippen LogP contribution in [0.25, 0.3) is 0 Å². The van der Waals surface area contributed by atoms with E-state index >= 15 is 0 Å². The van der Waals surface area contributed by atoms with Gasteiger partial charge in [0.2, 0.25) is 0 Å². The average molecular weight is 351 g/mol. The maximum atomic E-state index is 10.3. The molecule has 2 unspecified atom stereocenters. The summed E-state index contributed by atoms with van der Waals surface area (Å²) in [6, 6.07) is 9.56. The first-order valence-electron chi connectivity index (χ1n) is 9.42. The van der Waals surface area contributed by atoms with Crippen molar-refractivity contribution in [1.82, 2.24) is 10.6 Å². The van der Waals surface area contributed by atoms with E-state index in [2.05, 4.69) is 17.6 Å². The van der Waals surface area contributed by atoms with E-state index in [1.807, 2.05) is 37.3 Å². The molecular formula is C20H34N2OS. The number of unbranched alkanes of at least 4 members (excludes halogenated alkanes) is 7. The standard InChI is InChI=1S/C20H34N2OS/c1-3-4-5-6-7-8-9-13-16-21-20(24)22-17(2)19(23)18-14-11-10-12-15-18/h10-12,14-15,17,19,23H,3-9,13,16H2,1-2H3,(H2,21,22,24). The van der Waals surface area contributed by atoms with Crippen LogP contribution in [-0.4, -0.2) is 22.8 Å². The van der Waals surface area contributed by atoms with Gasteiger partial charge in [0.05, 0.1) is 12.1 Å². The van der Waals surface area contributed by atoms with Crippen molar-refractivity contribution in [1.29, 1.82) is 0 Å².